The Morgan fingerprint density at radius 1 is 0.941 bits per heavy atom. The maximum Gasteiger partial charge on any atom is 0.281 e. The fourth-order valence-corrected chi connectivity index (χ4v) is 4.31. The van der Waals surface area contributed by atoms with Crippen LogP contribution in [0.5, 0.6) is 0 Å². The number of benzene rings is 3. The molecule has 5 aromatic rings. The molecular formula is C28H25N3O3. The minimum Gasteiger partial charge on any atom is -0.463 e. The molecule has 0 saturated carbocycles. The predicted octanol–water partition coefficient (Wildman–Crippen LogP) is 5.31. The summed E-state index contributed by atoms with van der Waals surface area (Å²) in [6.07, 6.45) is 1.50. The molecule has 5 rings (SSSR count). The van der Waals surface area contributed by atoms with E-state index in [0.717, 1.165) is 16.3 Å². The molecule has 1 atom stereocenters. The summed E-state index contributed by atoms with van der Waals surface area (Å²) in [6, 6.07) is 23.5. The average molecular weight is 452 g/mol. The summed E-state index contributed by atoms with van der Waals surface area (Å²) < 4.78 is 7.07. The number of hydrogen-bond donors (Lipinski definition) is 1. The highest BCUT2D eigenvalue weighted by molar-refractivity contribution is 5.94. The standard InChI is InChI=1S/C28H25N3O3/c1-28(2,3)30-26(32)25(20-13-8-11-18-10-4-5-12-19(18)20)31-22-15-7-6-14-21(22)29-24(27(31)33)23-16-9-17-34-23/h4-17,25H,1-3H3,(H,30,32). The van der Waals surface area contributed by atoms with Crippen LogP contribution in [0.15, 0.2) is 94.3 Å². The van der Waals surface area contributed by atoms with Gasteiger partial charge in [0.25, 0.3) is 5.56 Å². The zero-order chi connectivity index (χ0) is 23.9. The molecular weight excluding hydrogens is 426 g/mol. The van der Waals surface area contributed by atoms with E-state index in [1.54, 1.807) is 16.7 Å². The maximum atomic E-state index is 14.0. The van der Waals surface area contributed by atoms with Crippen molar-refractivity contribution in [3.8, 4) is 11.5 Å². The van der Waals surface area contributed by atoms with Crippen molar-refractivity contribution in [1.29, 1.82) is 0 Å². The van der Waals surface area contributed by atoms with Crippen LogP contribution in [0, 0.1) is 0 Å². The van der Waals surface area contributed by atoms with Crippen molar-refractivity contribution in [2.45, 2.75) is 32.4 Å². The van der Waals surface area contributed by atoms with Gasteiger partial charge in [-0.3, -0.25) is 14.2 Å². The third kappa shape index (κ3) is 3.88. The Hall–Kier alpha value is -4.19. The molecule has 170 valence electrons. The Bertz CT molecular complexity index is 1550. The fraction of sp³-hybridized carbons (Fsp3) is 0.179. The largest absolute Gasteiger partial charge is 0.463 e. The quantitative estimate of drug-likeness (QED) is 0.402. The number of carbonyl (C=O) groups excluding carboxylic acids is 1. The molecule has 0 spiro atoms. The first-order valence-electron chi connectivity index (χ1n) is 11.2. The summed E-state index contributed by atoms with van der Waals surface area (Å²) in [6.45, 7) is 5.77. The lowest BCUT2D eigenvalue weighted by molar-refractivity contribution is -0.124. The summed E-state index contributed by atoms with van der Waals surface area (Å²) in [4.78, 5) is 32.4. The van der Waals surface area contributed by atoms with Crippen LogP contribution in [0.3, 0.4) is 0 Å². The number of amides is 1. The first kappa shape index (κ1) is 21.6. The van der Waals surface area contributed by atoms with Crippen LogP contribution >= 0.6 is 0 Å². The summed E-state index contributed by atoms with van der Waals surface area (Å²) in [5.41, 5.74) is 1.19. The molecule has 1 amide bonds. The van der Waals surface area contributed by atoms with Crippen molar-refractivity contribution >= 4 is 27.7 Å². The normalized spacial score (nSPS) is 12.7. The van der Waals surface area contributed by atoms with E-state index in [-0.39, 0.29) is 11.6 Å². The number of furan rings is 1. The van der Waals surface area contributed by atoms with Crippen LogP contribution in [0.1, 0.15) is 32.4 Å². The van der Waals surface area contributed by atoms with Crippen molar-refractivity contribution < 1.29 is 9.21 Å². The van der Waals surface area contributed by atoms with Crippen molar-refractivity contribution in [3.63, 3.8) is 0 Å². The van der Waals surface area contributed by atoms with Crippen LogP contribution < -0.4 is 10.9 Å². The van der Waals surface area contributed by atoms with Gasteiger partial charge in [-0.15, -0.1) is 0 Å². The molecule has 0 fully saturated rings. The van der Waals surface area contributed by atoms with Gasteiger partial charge in [-0.05, 0) is 61.4 Å². The van der Waals surface area contributed by atoms with Gasteiger partial charge in [0.05, 0.1) is 17.3 Å². The number of para-hydroxylation sites is 2. The molecule has 2 heterocycles. The molecule has 6 heteroatoms. The number of rotatable bonds is 4. The molecule has 2 aromatic heterocycles. The topological polar surface area (TPSA) is 77.1 Å². The van der Waals surface area contributed by atoms with Crippen LogP contribution in [-0.4, -0.2) is 21.0 Å². The summed E-state index contributed by atoms with van der Waals surface area (Å²) in [5.74, 6) is 0.0881. The lowest BCUT2D eigenvalue weighted by Crippen LogP contribution is -2.46. The van der Waals surface area contributed by atoms with Crippen molar-refractivity contribution in [2.24, 2.45) is 0 Å². The van der Waals surface area contributed by atoms with E-state index in [2.05, 4.69) is 10.3 Å². The zero-order valence-electron chi connectivity index (χ0n) is 19.3. The summed E-state index contributed by atoms with van der Waals surface area (Å²) in [7, 11) is 0. The van der Waals surface area contributed by atoms with Gasteiger partial charge in [-0.1, -0.05) is 54.6 Å². The smallest absolute Gasteiger partial charge is 0.281 e. The molecule has 0 aliphatic rings. The summed E-state index contributed by atoms with van der Waals surface area (Å²) >= 11 is 0. The molecule has 0 bridgehead atoms. The Morgan fingerprint density at radius 2 is 1.68 bits per heavy atom. The van der Waals surface area contributed by atoms with Gasteiger partial charge in [0, 0.05) is 5.54 Å². The molecule has 0 aliphatic carbocycles. The highest BCUT2D eigenvalue weighted by Gasteiger charge is 2.31. The van der Waals surface area contributed by atoms with Crippen LogP contribution in [0.2, 0.25) is 0 Å². The van der Waals surface area contributed by atoms with E-state index < -0.39 is 17.1 Å². The van der Waals surface area contributed by atoms with Gasteiger partial charge in [-0.25, -0.2) is 4.98 Å². The van der Waals surface area contributed by atoms with E-state index in [1.165, 1.54) is 6.26 Å². The van der Waals surface area contributed by atoms with Crippen molar-refractivity contribution in [2.75, 3.05) is 0 Å². The lowest BCUT2D eigenvalue weighted by Gasteiger charge is -2.28. The highest BCUT2D eigenvalue weighted by Crippen LogP contribution is 2.30. The van der Waals surface area contributed by atoms with E-state index in [9.17, 15) is 9.59 Å². The molecule has 6 nitrogen and oxygen atoms in total. The molecule has 1 N–H and O–H groups in total. The number of nitrogens with zero attached hydrogens (tertiary/aromatic N) is 2. The van der Waals surface area contributed by atoms with Gasteiger partial charge >= 0.3 is 0 Å². The minimum absolute atomic E-state index is 0.164. The van der Waals surface area contributed by atoms with Gasteiger partial charge in [0.15, 0.2) is 11.5 Å². The first-order valence-corrected chi connectivity index (χ1v) is 11.2. The number of nitrogens with one attached hydrogen (secondary N) is 1. The van der Waals surface area contributed by atoms with Gasteiger partial charge in [0.1, 0.15) is 6.04 Å². The second kappa shape index (κ2) is 8.30. The van der Waals surface area contributed by atoms with Gasteiger partial charge < -0.3 is 9.73 Å². The molecule has 0 aliphatic heterocycles. The minimum atomic E-state index is -0.917. The SMILES string of the molecule is CC(C)(C)NC(=O)C(c1cccc2ccccc12)n1c(=O)c(-c2ccco2)nc2ccccc21. The fourth-order valence-electron chi connectivity index (χ4n) is 4.31. The van der Waals surface area contributed by atoms with E-state index in [1.807, 2.05) is 87.5 Å². The monoisotopic (exact) mass is 451 g/mol. The first-order chi connectivity index (χ1) is 16.3. The molecule has 34 heavy (non-hydrogen) atoms. The average Bonchev–Trinajstić information content (AvgIpc) is 3.34. The highest BCUT2D eigenvalue weighted by atomic mass is 16.3. The molecule has 3 aromatic carbocycles. The Labute approximate surface area is 196 Å². The predicted molar refractivity (Wildman–Crippen MR) is 134 cm³/mol. The Kier molecular flexibility index (Phi) is 5.28. The number of aromatic nitrogens is 2. The van der Waals surface area contributed by atoms with Crippen molar-refractivity contribution in [3.05, 3.63) is 101 Å². The zero-order valence-corrected chi connectivity index (χ0v) is 19.3. The molecule has 1 unspecified atom stereocenters. The second-order valence-electron chi connectivity index (χ2n) is 9.31. The summed E-state index contributed by atoms with van der Waals surface area (Å²) in [5, 5.41) is 4.99. The Balaban J connectivity index is 1.87. The number of hydrogen-bond acceptors (Lipinski definition) is 4. The van der Waals surface area contributed by atoms with E-state index in [4.69, 9.17) is 4.42 Å². The second-order valence-corrected chi connectivity index (χ2v) is 9.31. The van der Waals surface area contributed by atoms with Crippen molar-refractivity contribution in [1.82, 2.24) is 14.9 Å². The number of fused-ring (bicyclic) bond motifs is 2. The maximum absolute atomic E-state index is 14.0. The van der Waals surface area contributed by atoms with Crippen LogP contribution in [0.25, 0.3) is 33.3 Å². The lowest BCUT2D eigenvalue weighted by atomic mass is 9.96. The van der Waals surface area contributed by atoms with Crippen LogP contribution in [0.4, 0.5) is 0 Å². The molecule has 0 saturated heterocycles. The Morgan fingerprint density at radius 3 is 2.44 bits per heavy atom. The molecule has 0 radical (unpaired) electrons. The van der Waals surface area contributed by atoms with E-state index >= 15 is 0 Å². The number of carbonyl (C=O) groups is 1. The third-order valence-electron chi connectivity index (χ3n) is 5.67. The third-order valence-corrected chi connectivity index (χ3v) is 5.67. The van der Waals surface area contributed by atoms with Gasteiger partial charge in [0.2, 0.25) is 5.91 Å². The van der Waals surface area contributed by atoms with E-state index in [0.29, 0.717) is 16.8 Å². The van der Waals surface area contributed by atoms with Gasteiger partial charge in [-0.2, -0.15) is 0 Å². The van der Waals surface area contributed by atoms with Crippen LogP contribution in [-0.2, 0) is 4.79 Å².